The van der Waals surface area contributed by atoms with Crippen LogP contribution < -0.4 is 4.90 Å². The third-order valence-electron chi connectivity index (χ3n) is 12.6. The van der Waals surface area contributed by atoms with Gasteiger partial charge in [-0.15, -0.1) is 11.3 Å². The first-order chi connectivity index (χ1) is 30.8. The van der Waals surface area contributed by atoms with Crippen molar-refractivity contribution in [3.8, 4) is 27.9 Å². The lowest BCUT2D eigenvalue weighted by Crippen LogP contribution is -2.11. The Morgan fingerprint density at radius 3 is 1.84 bits per heavy atom. The van der Waals surface area contributed by atoms with E-state index in [2.05, 4.69) is 216 Å². The van der Waals surface area contributed by atoms with Gasteiger partial charge in [-0.2, -0.15) is 0 Å². The molecule has 0 amide bonds. The van der Waals surface area contributed by atoms with Gasteiger partial charge in [-0.1, -0.05) is 158 Å². The fourth-order valence-electron chi connectivity index (χ4n) is 9.81. The first-order valence-electron chi connectivity index (χ1n) is 21.1. The Hall–Kier alpha value is -7.92. The van der Waals surface area contributed by atoms with Crippen molar-refractivity contribution < 1.29 is 4.42 Å². The molecule has 3 heterocycles. The molecule has 10 aromatic carbocycles. The number of thiophene rings is 1. The average molecular weight is 809 g/mol. The smallest absolute Gasteiger partial charge is 0.143 e. The molecule has 0 radical (unpaired) electrons. The molecule has 3 nitrogen and oxygen atoms in total. The lowest BCUT2D eigenvalue weighted by molar-refractivity contribution is 0.670. The van der Waals surface area contributed by atoms with Gasteiger partial charge in [0.25, 0.3) is 0 Å². The van der Waals surface area contributed by atoms with Crippen LogP contribution >= 0.6 is 11.3 Å². The Labute approximate surface area is 361 Å². The third-order valence-corrected chi connectivity index (χ3v) is 13.8. The van der Waals surface area contributed by atoms with Crippen LogP contribution in [-0.4, -0.2) is 4.57 Å². The zero-order valence-corrected chi connectivity index (χ0v) is 34.3. The summed E-state index contributed by atoms with van der Waals surface area (Å²) >= 11 is 1.88. The highest BCUT2D eigenvalue weighted by Crippen LogP contribution is 2.49. The lowest BCUT2D eigenvalue weighted by Gasteiger charge is -2.28. The summed E-state index contributed by atoms with van der Waals surface area (Å²) in [5.74, 6) is 0. The van der Waals surface area contributed by atoms with Crippen LogP contribution in [-0.2, 0) is 0 Å². The minimum Gasteiger partial charge on any atom is -0.455 e. The van der Waals surface area contributed by atoms with Crippen LogP contribution in [0.5, 0.6) is 0 Å². The summed E-state index contributed by atoms with van der Waals surface area (Å²) in [6.07, 6.45) is 0. The Bertz CT molecular complexity index is 3830. The minimum absolute atomic E-state index is 0.903. The quantitative estimate of drug-likeness (QED) is 0.167. The van der Waals surface area contributed by atoms with Crippen LogP contribution in [0.3, 0.4) is 0 Å². The van der Waals surface area contributed by atoms with Crippen LogP contribution in [0.4, 0.5) is 17.1 Å². The number of hydrogen-bond donors (Lipinski definition) is 0. The zero-order valence-electron chi connectivity index (χ0n) is 33.5. The fraction of sp³-hybridized carbons (Fsp3) is 0. The van der Waals surface area contributed by atoms with Gasteiger partial charge in [0.05, 0.1) is 22.4 Å². The molecule has 0 saturated heterocycles. The number of nitrogens with zero attached hydrogens (tertiary/aromatic N) is 2. The monoisotopic (exact) mass is 808 g/mol. The number of anilines is 3. The van der Waals surface area contributed by atoms with E-state index in [4.69, 9.17) is 4.42 Å². The molecule has 0 bridgehead atoms. The Morgan fingerprint density at radius 1 is 0.403 bits per heavy atom. The standard InChI is InChI=1S/C58H36N2OS/c1-2-17-41-37(15-1)16-13-28-51(41)59(39-33-31-38(32-34-39)42-23-14-24-48-46-21-6-11-29-55(46)61-57(42)48)40-35-49(58-50(36-40)47-22-7-12-30-56(47)62-58)45-20-5-10-27-54(45)60-52-25-8-3-18-43(52)44-19-4-9-26-53(44)60/h1-36H. The maximum Gasteiger partial charge on any atom is 0.143 e. The molecule has 3 aromatic heterocycles. The first kappa shape index (κ1) is 34.9. The molecule has 13 rings (SSSR count). The predicted molar refractivity (Wildman–Crippen MR) is 264 cm³/mol. The second kappa shape index (κ2) is 13.8. The van der Waals surface area contributed by atoms with Crippen molar-refractivity contribution in [2.45, 2.75) is 0 Å². The molecule has 0 aliphatic heterocycles. The predicted octanol–water partition coefficient (Wildman–Crippen LogP) is 17.0. The number of aromatic nitrogens is 1. The van der Waals surface area contributed by atoms with Crippen LogP contribution in [0.25, 0.3) is 103 Å². The maximum atomic E-state index is 6.50. The molecule has 0 spiro atoms. The average Bonchev–Trinajstić information content (AvgIpc) is 4.02. The van der Waals surface area contributed by atoms with Gasteiger partial charge >= 0.3 is 0 Å². The summed E-state index contributed by atoms with van der Waals surface area (Å²) in [6, 6.07) is 79.3. The van der Waals surface area contributed by atoms with Crippen LogP contribution in [0.15, 0.2) is 223 Å². The summed E-state index contributed by atoms with van der Waals surface area (Å²) in [6.45, 7) is 0. The van der Waals surface area contributed by atoms with Crippen molar-refractivity contribution in [3.63, 3.8) is 0 Å². The number of furan rings is 1. The molecule has 0 aliphatic rings. The van der Waals surface area contributed by atoms with Gasteiger partial charge in [-0.05, 0) is 71.6 Å². The van der Waals surface area contributed by atoms with E-state index in [0.717, 1.165) is 55.8 Å². The van der Waals surface area contributed by atoms with Gasteiger partial charge in [-0.25, -0.2) is 0 Å². The van der Waals surface area contributed by atoms with Crippen molar-refractivity contribution in [2.75, 3.05) is 4.90 Å². The fourth-order valence-corrected chi connectivity index (χ4v) is 11.0. The molecular formula is C58H36N2OS. The molecule has 13 aromatic rings. The molecule has 62 heavy (non-hydrogen) atoms. The molecule has 4 heteroatoms. The highest BCUT2D eigenvalue weighted by molar-refractivity contribution is 7.26. The third kappa shape index (κ3) is 5.30. The molecule has 0 fully saturated rings. The maximum absolute atomic E-state index is 6.50. The van der Waals surface area contributed by atoms with Gasteiger partial charge in [0.2, 0.25) is 0 Å². The van der Waals surface area contributed by atoms with E-state index in [-0.39, 0.29) is 0 Å². The second-order valence-electron chi connectivity index (χ2n) is 16.0. The lowest BCUT2D eigenvalue weighted by atomic mass is 9.98. The molecule has 0 saturated carbocycles. The summed E-state index contributed by atoms with van der Waals surface area (Å²) in [7, 11) is 0. The van der Waals surface area contributed by atoms with E-state index in [0.29, 0.717) is 0 Å². The van der Waals surface area contributed by atoms with Gasteiger partial charge in [0.1, 0.15) is 11.2 Å². The van der Waals surface area contributed by atoms with E-state index in [1.165, 1.54) is 63.9 Å². The summed E-state index contributed by atoms with van der Waals surface area (Å²) in [4.78, 5) is 2.45. The molecular weight excluding hydrogens is 773 g/mol. The number of rotatable bonds is 6. The molecule has 0 N–H and O–H groups in total. The minimum atomic E-state index is 0.903. The largest absolute Gasteiger partial charge is 0.455 e. The summed E-state index contributed by atoms with van der Waals surface area (Å²) < 4.78 is 11.5. The van der Waals surface area contributed by atoms with E-state index >= 15 is 0 Å². The number of para-hydroxylation sites is 5. The van der Waals surface area contributed by atoms with Gasteiger partial charge in [0.15, 0.2) is 0 Å². The highest BCUT2D eigenvalue weighted by Gasteiger charge is 2.23. The van der Waals surface area contributed by atoms with Crippen LogP contribution in [0.2, 0.25) is 0 Å². The van der Waals surface area contributed by atoms with Crippen molar-refractivity contribution in [2.24, 2.45) is 0 Å². The number of fused-ring (bicyclic) bond motifs is 10. The van der Waals surface area contributed by atoms with Crippen molar-refractivity contribution in [1.29, 1.82) is 0 Å². The first-order valence-corrected chi connectivity index (χ1v) is 21.9. The Morgan fingerprint density at radius 2 is 1.02 bits per heavy atom. The molecule has 0 unspecified atom stereocenters. The van der Waals surface area contributed by atoms with E-state index in [1.807, 2.05) is 23.5 Å². The summed E-state index contributed by atoms with van der Waals surface area (Å²) in [5, 5.41) is 9.66. The highest BCUT2D eigenvalue weighted by atomic mass is 32.1. The normalized spacial score (nSPS) is 11.9. The Balaban J connectivity index is 1.07. The van der Waals surface area contributed by atoms with Gasteiger partial charge < -0.3 is 13.9 Å². The molecule has 0 aliphatic carbocycles. The second-order valence-corrected chi connectivity index (χ2v) is 17.1. The topological polar surface area (TPSA) is 21.3 Å². The number of hydrogen-bond acceptors (Lipinski definition) is 3. The Kier molecular flexibility index (Phi) is 7.78. The molecule has 290 valence electrons. The number of benzene rings is 10. The van der Waals surface area contributed by atoms with E-state index < -0.39 is 0 Å². The van der Waals surface area contributed by atoms with Crippen LogP contribution in [0.1, 0.15) is 0 Å². The summed E-state index contributed by atoms with van der Waals surface area (Å²) in [5.41, 5.74) is 13.2. The van der Waals surface area contributed by atoms with E-state index in [9.17, 15) is 0 Å². The van der Waals surface area contributed by atoms with Gasteiger partial charge in [-0.3, -0.25) is 0 Å². The molecule has 0 atom stereocenters. The van der Waals surface area contributed by atoms with Crippen molar-refractivity contribution in [3.05, 3.63) is 218 Å². The van der Waals surface area contributed by atoms with Gasteiger partial charge in [0, 0.05) is 75.2 Å². The van der Waals surface area contributed by atoms with E-state index in [1.54, 1.807) is 0 Å². The SMILES string of the molecule is c1ccc(-n2c3ccccc3c3ccccc32)c(-c2cc(N(c3ccc(-c4cccc5c4oc4ccccc45)cc3)c3cccc4ccccc34)cc3c2sc2ccccc23)c1. The van der Waals surface area contributed by atoms with Crippen molar-refractivity contribution >= 4 is 103 Å². The zero-order chi connectivity index (χ0) is 40.7. The van der Waals surface area contributed by atoms with Crippen molar-refractivity contribution in [1.82, 2.24) is 4.57 Å². The van der Waals surface area contributed by atoms with Crippen LogP contribution in [0, 0.1) is 0 Å².